The van der Waals surface area contributed by atoms with Gasteiger partial charge in [0.2, 0.25) is 0 Å². The third-order valence-corrected chi connectivity index (χ3v) is 6.62. The molecule has 5 rings (SSSR count). The summed E-state index contributed by atoms with van der Waals surface area (Å²) >= 11 is 6.48. The number of nitrogens with zero attached hydrogens (tertiary/aromatic N) is 1. The van der Waals surface area contributed by atoms with Gasteiger partial charge in [-0.3, -0.25) is 0 Å². The van der Waals surface area contributed by atoms with E-state index in [9.17, 15) is 4.79 Å². The number of hydrogen-bond donors (Lipinski definition) is 1. The van der Waals surface area contributed by atoms with Crippen molar-refractivity contribution in [2.75, 3.05) is 13.7 Å². The topological polar surface area (TPSA) is 60.7 Å². The molecule has 37 heavy (non-hydrogen) atoms. The Balaban J connectivity index is 1.61. The number of ether oxygens (including phenoxy) is 2. The van der Waals surface area contributed by atoms with E-state index in [4.69, 9.17) is 26.2 Å². The van der Waals surface area contributed by atoms with Crippen LogP contribution in [0, 0.1) is 0 Å². The zero-order chi connectivity index (χ0) is 25.8. The van der Waals surface area contributed by atoms with Crippen molar-refractivity contribution in [2.45, 2.75) is 12.5 Å². The third-order valence-electron chi connectivity index (χ3n) is 6.39. The second-order valence-electron chi connectivity index (χ2n) is 8.78. The Morgan fingerprint density at radius 2 is 1.57 bits per heavy atom. The summed E-state index contributed by atoms with van der Waals surface area (Å²) in [5, 5.41) is 10.7. The van der Waals surface area contributed by atoms with E-state index in [1.165, 1.54) is 11.1 Å². The van der Waals surface area contributed by atoms with Crippen molar-refractivity contribution in [1.29, 1.82) is 0 Å². The van der Waals surface area contributed by atoms with Gasteiger partial charge in [0.15, 0.2) is 6.61 Å². The Morgan fingerprint density at radius 1 is 0.892 bits per heavy atom. The van der Waals surface area contributed by atoms with Crippen LogP contribution in [0.2, 0.25) is 5.02 Å². The summed E-state index contributed by atoms with van der Waals surface area (Å²) in [6, 6.07) is 32.2. The van der Waals surface area contributed by atoms with Gasteiger partial charge in [-0.25, -0.2) is 4.79 Å². The molecule has 5 aromatic rings. The number of rotatable bonds is 9. The number of fused-ring (bicyclic) bond motifs is 1. The molecular formula is C31H26ClNO4. The number of methoxy groups -OCH3 is 1. The van der Waals surface area contributed by atoms with Crippen molar-refractivity contribution >= 4 is 28.5 Å². The highest BCUT2D eigenvalue weighted by molar-refractivity contribution is 6.31. The number of hydrogen-bond acceptors (Lipinski definition) is 3. The number of carbonyl (C=O) groups is 1. The van der Waals surface area contributed by atoms with Crippen LogP contribution in [0.15, 0.2) is 103 Å². The Kier molecular flexibility index (Phi) is 7.15. The van der Waals surface area contributed by atoms with Crippen LogP contribution >= 0.6 is 11.6 Å². The highest BCUT2D eigenvalue weighted by Crippen LogP contribution is 2.36. The van der Waals surface area contributed by atoms with Gasteiger partial charge >= 0.3 is 5.97 Å². The summed E-state index contributed by atoms with van der Waals surface area (Å²) < 4.78 is 13.3. The molecule has 5 nitrogen and oxygen atoms in total. The molecule has 0 bridgehead atoms. The lowest BCUT2D eigenvalue weighted by Gasteiger charge is -2.21. The minimum Gasteiger partial charge on any atom is -0.496 e. The summed E-state index contributed by atoms with van der Waals surface area (Å²) in [6.45, 7) is -0.406. The Bertz CT molecular complexity index is 1490. The lowest BCUT2D eigenvalue weighted by molar-refractivity contribution is -0.139. The Hall–Kier alpha value is -4.22. The number of aliphatic carboxylic acids is 1. The third kappa shape index (κ3) is 5.32. The second-order valence-corrected chi connectivity index (χ2v) is 9.22. The molecule has 1 heterocycles. The molecule has 186 valence electrons. The largest absolute Gasteiger partial charge is 0.496 e. The van der Waals surface area contributed by atoms with Crippen LogP contribution in [-0.4, -0.2) is 29.4 Å². The van der Waals surface area contributed by atoms with Crippen molar-refractivity contribution in [3.8, 4) is 11.5 Å². The molecule has 0 unspecified atom stereocenters. The van der Waals surface area contributed by atoms with E-state index in [2.05, 4.69) is 65.4 Å². The average Bonchev–Trinajstić information content (AvgIpc) is 3.26. The van der Waals surface area contributed by atoms with Crippen molar-refractivity contribution in [3.63, 3.8) is 0 Å². The maximum Gasteiger partial charge on any atom is 0.341 e. The van der Waals surface area contributed by atoms with Crippen LogP contribution in [0.5, 0.6) is 11.5 Å². The first-order chi connectivity index (χ1) is 18.0. The first-order valence-corrected chi connectivity index (χ1v) is 12.3. The molecule has 1 aromatic heterocycles. The van der Waals surface area contributed by atoms with Crippen LogP contribution in [0.3, 0.4) is 0 Å². The van der Waals surface area contributed by atoms with Gasteiger partial charge in [-0.15, -0.1) is 0 Å². The van der Waals surface area contributed by atoms with Crippen molar-refractivity contribution < 1.29 is 19.4 Å². The summed E-state index contributed by atoms with van der Waals surface area (Å²) in [7, 11) is 1.60. The summed E-state index contributed by atoms with van der Waals surface area (Å²) in [5.41, 5.74) is 5.49. The molecule has 0 fully saturated rings. The van der Waals surface area contributed by atoms with E-state index in [-0.39, 0.29) is 6.04 Å². The van der Waals surface area contributed by atoms with E-state index < -0.39 is 12.6 Å². The summed E-state index contributed by atoms with van der Waals surface area (Å²) in [5.74, 6) is 0.0618. The molecule has 0 amide bonds. The fourth-order valence-corrected chi connectivity index (χ4v) is 4.91. The predicted octanol–water partition coefficient (Wildman–Crippen LogP) is 7.00. The van der Waals surface area contributed by atoms with E-state index >= 15 is 0 Å². The fraction of sp³-hybridized carbons (Fsp3) is 0.129. The van der Waals surface area contributed by atoms with Gasteiger partial charge in [0.1, 0.15) is 11.5 Å². The minimum atomic E-state index is -1.03. The van der Waals surface area contributed by atoms with Crippen LogP contribution in [-0.2, 0) is 11.2 Å². The fourth-order valence-electron chi connectivity index (χ4n) is 4.75. The van der Waals surface area contributed by atoms with Crippen molar-refractivity contribution in [2.24, 2.45) is 0 Å². The molecule has 0 saturated carbocycles. The van der Waals surface area contributed by atoms with Crippen LogP contribution < -0.4 is 9.47 Å². The molecule has 0 radical (unpaired) electrons. The molecule has 1 N–H and O–H groups in total. The van der Waals surface area contributed by atoms with Gasteiger partial charge in [0, 0.05) is 29.1 Å². The number of aromatic nitrogens is 1. The van der Waals surface area contributed by atoms with E-state index in [0.717, 1.165) is 22.0 Å². The molecule has 4 aromatic carbocycles. The van der Waals surface area contributed by atoms with Gasteiger partial charge in [0.25, 0.3) is 0 Å². The van der Waals surface area contributed by atoms with Crippen LogP contribution in [0.4, 0.5) is 0 Å². The van der Waals surface area contributed by atoms with Crippen molar-refractivity contribution in [1.82, 2.24) is 4.57 Å². The smallest absolute Gasteiger partial charge is 0.341 e. The Labute approximate surface area is 220 Å². The minimum absolute atomic E-state index is 0.0363. The second kappa shape index (κ2) is 10.8. The lowest BCUT2D eigenvalue weighted by atomic mass is 9.98. The summed E-state index contributed by atoms with van der Waals surface area (Å²) in [6.07, 6.45) is 2.81. The summed E-state index contributed by atoms with van der Waals surface area (Å²) in [4.78, 5) is 10.9. The molecule has 0 aliphatic carbocycles. The standard InChI is InChI=1S/C31H26ClNO4/c1-36-29-18-26(37-20-30(34)35)14-12-23(29)16-24-19-33(28-17-25(32)13-15-27(24)28)31(21-8-4-2-5-9-21)22-10-6-3-7-11-22/h2-15,17-19,31H,16,20H2,1H3,(H,34,35). The number of halogens is 1. The van der Waals surface area contributed by atoms with Crippen LogP contribution in [0.25, 0.3) is 10.9 Å². The maximum atomic E-state index is 10.9. The molecule has 0 spiro atoms. The molecule has 0 aliphatic heterocycles. The molecule has 6 heteroatoms. The molecule has 0 saturated heterocycles. The van der Waals surface area contributed by atoms with Gasteiger partial charge in [-0.05, 0) is 40.5 Å². The predicted molar refractivity (Wildman–Crippen MR) is 146 cm³/mol. The number of benzene rings is 4. The quantitative estimate of drug-likeness (QED) is 0.231. The lowest BCUT2D eigenvalue weighted by Crippen LogP contribution is -2.11. The van der Waals surface area contributed by atoms with Gasteiger partial charge in [0.05, 0.1) is 18.7 Å². The number of carboxylic acids is 1. The van der Waals surface area contributed by atoms with Gasteiger partial charge in [-0.2, -0.15) is 0 Å². The van der Waals surface area contributed by atoms with E-state index in [0.29, 0.717) is 22.9 Å². The molecule has 0 atom stereocenters. The first-order valence-electron chi connectivity index (χ1n) is 11.9. The van der Waals surface area contributed by atoms with Gasteiger partial charge in [-0.1, -0.05) is 84.4 Å². The average molecular weight is 512 g/mol. The number of carboxylic acid groups (broad SMARTS) is 1. The monoisotopic (exact) mass is 511 g/mol. The van der Waals surface area contributed by atoms with Gasteiger partial charge < -0.3 is 19.1 Å². The molecule has 0 aliphatic rings. The van der Waals surface area contributed by atoms with Crippen molar-refractivity contribution in [3.05, 3.63) is 131 Å². The highest BCUT2D eigenvalue weighted by Gasteiger charge is 2.21. The Morgan fingerprint density at radius 3 is 2.19 bits per heavy atom. The van der Waals surface area contributed by atoms with E-state index in [1.54, 1.807) is 19.2 Å². The molecular weight excluding hydrogens is 486 g/mol. The SMILES string of the molecule is COc1cc(OCC(=O)O)ccc1Cc1cn(C(c2ccccc2)c2ccccc2)c2cc(Cl)ccc12. The normalized spacial score (nSPS) is 11.1. The van der Waals surface area contributed by atoms with Crippen LogP contribution in [0.1, 0.15) is 28.3 Å². The maximum absolute atomic E-state index is 10.9. The van der Waals surface area contributed by atoms with E-state index in [1.807, 2.05) is 30.3 Å². The first kappa shape index (κ1) is 24.5. The highest BCUT2D eigenvalue weighted by atomic mass is 35.5. The zero-order valence-corrected chi connectivity index (χ0v) is 21.1. The zero-order valence-electron chi connectivity index (χ0n) is 20.3.